The van der Waals surface area contributed by atoms with E-state index in [1.54, 1.807) is 6.20 Å². The molecule has 0 aliphatic heterocycles. The largest absolute Gasteiger partial charge is 0.543 e. The number of aliphatic imine (C=N–C) groups is 1. The fourth-order valence-electron chi connectivity index (χ4n) is 2.08. The first-order valence-electron chi connectivity index (χ1n) is 7.11. The maximum atomic E-state index is 6.14. The molecule has 0 aliphatic carbocycles. The molecule has 1 aromatic heterocycles. The number of aromatic nitrogens is 2. The van der Waals surface area contributed by atoms with Crippen LogP contribution in [0.2, 0.25) is 19.6 Å². The van der Waals surface area contributed by atoms with Crippen LogP contribution >= 0.6 is 0 Å². The second-order valence-corrected chi connectivity index (χ2v) is 10.6. The van der Waals surface area contributed by atoms with Crippen LogP contribution in [0.25, 0.3) is 0 Å². The van der Waals surface area contributed by atoms with E-state index >= 15 is 0 Å². The molecule has 5 heteroatoms. The van der Waals surface area contributed by atoms with Crippen LogP contribution in [0.4, 0.5) is 5.69 Å². The Labute approximate surface area is 127 Å². The number of imidazole rings is 1. The van der Waals surface area contributed by atoms with Gasteiger partial charge in [-0.1, -0.05) is 6.07 Å². The number of nitrogens with zero attached hydrogens (tertiary/aromatic N) is 3. The predicted octanol–water partition coefficient (Wildman–Crippen LogP) is 4.31. The summed E-state index contributed by atoms with van der Waals surface area (Å²) in [4.78, 5) is 8.98. The van der Waals surface area contributed by atoms with Gasteiger partial charge in [0.05, 0.1) is 0 Å². The number of hydrogen-bond acceptors (Lipinski definition) is 3. The van der Waals surface area contributed by atoms with Crippen molar-refractivity contribution in [2.75, 3.05) is 0 Å². The lowest BCUT2D eigenvalue weighted by molar-refractivity contribution is 0.559. The molecule has 1 heterocycles. The minimum Gasteiger partial charge on any atom is -0.543 e. The Morgan fingerprint density at radius 2 is 1.95 bits per heavy atom. The van der Waals surface area contributed by atoms with E-state index in [-0.39, 0.29) is 0 Å². The monoisotopic (exact) mass is 301 g/mol. The number of aryl methyl sites for hydroxylation is 2. The van der Waals surface area contributed by atoms with Gasteiger partial charge in [0, 0.05) is 12.4 Å². The van der Waals surface area contributed by atoms with Crippen LogP contribution in [0, 0.1) is 13.8 Å². The SMILES string of the molecule is CC(=Nc1cc(C)ccc1O[Si](C)(C)C)n1ccnc1C. The van der Waals surface area contributed by atoms with E-state index in [1.807, 2.05) is 30.7 Å². The van der Waals surface area contributed by atoms with Gasteiger partial charge in [-0.3, -0.25) is 4.57 Å². The number of rotatable bonds is 3. The first kappa shape index (κ1) is 15.5. The van der Waals surface area contributed by atoms with Crippen LogP contribution in [0.3, 0.4) is 0 Å². The van der Waals surface area contributed by atoms with Crippen LogP contribution < -0.4 is 4.43 Å². The lowest BCUT2D eigenvalue weighted by Crippen LogP contribution is -2.29. The molecule has 112 valence electrons. The van der Waals surface area contributed by atoms with E-state index < -0.39 is 8.32 Å². The molecule has 0 fully saturated rings. The summed E-state index contributed by atoms with van der Waals surface area (Å²) in [5.41, 5.74) is 2.05. The highest BCUT2D eigenvalue weighted by molar-refractivity contribution is 6.70. The Balaban J connectivity index is 2.43. The summed E-state index contributed by atoms with van der Waals surface area (Å²) >= 11 is 0. The van der Waals surface area contributed by atoms with Gasteiger partial charge in [-0.15, -0.1) is 0 Å². The molecule has 0 saturated carbocycles. The Morgan fingerprint density at radius 1 is 1.24 bits per heavy atom. The molecule has 1 aromatic carbocycles. The van der Waals surface area contributed by atoms with E-state index in [0.717, 1.165) is 23.1 Å². The lowest BCUT2D eigenvalue weighted by Gasteiger charge is -2.21. The highest BCUT2D eigenvalue weighted by atomic mass is 28.4. The lowest BCUT2D eigenvalue weighted by atomic mass is 10.2. The van der Waals surface area contributed by atoms with Gasteiger partial charge < -0.3 is 4.43 Å². The second kappa shape index (κ2) is 5.85. The van der Waals surface area contributed by atoms with E-state index in [1.165, 1.54) is 5.56 Å². The average Bonchev–Trinajstić information content (AvgIpc) is 2.77. The average molecular weight is 301 g/mol. The van der Waals surface area contributed by atoms with Crippen molar-refractivity contribution in [3.8, 4) is 5.75 Å². The smallest absolute Gasteiger partial charge is 0.242 e. The molecule has 2 aromatic rings. The van der Waals surface area contributed by atoms with Crippen molar-refractivity contribution >= 4 is 19.8 Å². The topological polar surface area (TPSA) is 39.4 Å². The molecule has 0 radical (unpaired) electrons. The third-order valence-corrected chi connectivity index (χ3v) is 3.82. The van der Waals surface area contributed by atoms with Crippen LogP contribution in [-0.4, -0.2) is 23.7 Å². The summed E-state index contributed by atoms with van der Waals surface area (Å²) in [7, 11) is -1.66. The molecule has 0 aliphatic rings. The van der Waals surface area contributed by atoms with E-state index in [9.17, 15) is 0 Å². The standard InChI is InChI=1S/C16H23N3OSi/c1-12-7-8-16(20-21(4,5)6)15(11-12)18-14(3)19-10-9-17-13(19)2/h7-11H,1-6H3. The van der Waals surface area contributed by atoms with Crippen molar-refractivity contribution in [3.63, 3.8) is 0 Å². The molecule has 0 spiro atoms. The molecule has 0 bridgehead atoms. The molecule has 0 saturated heterocycles. The molecule has 0 amide bonds. The van der Waals surface area contributed by atoms with Gasteiger partial charge in [0.15, 0.2) is 0 Å². The molecular weight excluding hydrogens is 278 g/mol. The Morgan fingerprint density at radius 3 is 2.52 bits per heavy atom. The maximum absolute atomic E-state index is 6.14. The summed E-state index contributed by atoms with van der Waals surface area (Å²) in [5, 5.41) is 0. The van der Waals surface area contributed by atoms with Crippen molar-refractivity contribution in [2.45, 2.75) is 40.4 Å². The van der Waals surface area contributed by atoms with Gasteiger partial charge in [0.1, 0.15) is 23.1 Å². The summed E-state index contributed by atoms with van der Waals surface area (Å²) in [6.45, 7) is 12.5. The van der Waals surface area contributed by atoms with Gasteiger partial charge in [-0.05, 0) is 58.1 Å². The Bertz CT molecular complexity index is 668. The van der Waals surface area contributed by atoms with E-state index in [0.29, 0.717) is 0 Å². The zero-order valence-corrected chi connectivity index (χ0v) is 14.6. The van der Waals surface area contributed by atoms with Crippen molar-refractivity contribution < 1.29 is 4.43 Å². The third kappa shape index (κ3) is 4.04. The first-order chi connectivity index (χ1) is 9.76. The fourth-order valence-corrected chi connectivity index (χ4v) is 2.91. The highest BCUT2D eigenvalue weighted by Gasteiger charge is 2.18. The molecule has 0 N–H and O–H groups in total. The minimum absolute atomic E-state index is 0.858. The van der Waals surface area contributed by atoms with Gasteiger partial charge in [-0.2, -0.15) is 0 Å². The Hall–Kier alpha value is -1.88. The van der Waals surface area contributed by atoms with Crippen molar-refractivity contribution in [2.24, 2.45) is 4.99 Å². The van der Waals surface area contributed by atoms with Crippen LogP contribution in [0.1, 0.15) is 18.3 Å². The normalized spacial score (nSPS) is 12.6. The molecule has 4 nitrogen and oxygen atoms in total. The fraction of sp³-hybridized carbons (Fsp3) is 0.375. The first-order valence-corrected chi connectivity index (χ1v) is 10.5. The maximum Gasteiger partial charge on any atom is 0.242 e. The molecule has 21 heavy (non-hydrogen) atoms. The van der Waals surface area contributed by atoms with Crippen molar-refractivity contribution in [1.82, 2.24) is 9.55 Å². The Kier molecular flexibility index (Phi) is 4.32. The van der Waals surface area contributed by atoms with Crippen molar-refractivity contribution in [1.29, 1.82) is 0 Å². The number of benzene rings is 1. The van der Waals surface area contributed by atoms with Gasteiger partial charge in [0.25, 0.3) is 0 Å². The highest BCUT2D eigenvalue weighted by Crippen LogP contribution is 2.31. The number of hydrogen-bond donors (Lipinski definition) is 0. The van der Waals surface area contributed by atoms with Crippen LogP contribution in [-0.2, 0) is 0 Å². The van der Waals surface area contributed by atoms with Gasteiger partial charge in [0.2, 0.25) is 8.32 Å². The van der Waals surface area contributed by atoms with Crippen LogP contribution in [0.15, 0.2) is 35.6 Å². The predicted molar refractivity (Wildman–Crippen MR) is 90.3 cm³/mol. The molecule has 2 rings (SSSR count). The summed E-state index contributed by atoms with van der Waals surface area (Å²) in [6, 6.07) is 6.14. The zero-order chi connectivity index (χ0) is 15.6. The van der Waals surface area contributed by atoms with Gasteiger partial charge >= 0.3 is 0 Å². The van der Waals surface area contributed by atoms with Crippen molar-refractivity contribution in [3.05, 3.63) is 42.0 Å². The van der Waals surface area contributed by atoms with E-state index in [4.69, 9.17) is 9.42 Å². The molecule has 0 atom stereocenters. The molecule has 0 unspecified atom stereocenters. The zero-order valence-electron chi connectivity index (χ0n) is 13.6. The summed E-state index contributed by atoms with van der Waals surface area (Å²) < 4.78 is 8.12. The summed E-state index contributed by atoms with van der Waals surface area (Å²) in [6.07, 6.45) is 3.70. The summed E-state index contributed by atoms with van der Waals surface area (Å²) in [5.74, 6) is 2.67. The van der Waals surface area contributed by atoms with Crippen LogP contribution in [0.5, 0.6) is 5.75 Å². The second-order valence-electron chi connectivity index (χ2n) is 6.19. The van der Waals surface area contributed by atoms with Gasteiger partial charge in [-0.25, -0.2) is 9.98 Å². The third-order valence-electron chi connectivity index (χ3n) is 2.99. The molecular formula is C16H23N3OSi. The minimum atomic E-state index is -1.66. The quantitative estimate of drug-likeness (QED) is 0.481. The van der Waals surface area contributed by atoms with E-state index in [2.05, 4.69) is 43.7 Å².